The monoisotopic (exact) mass is 294 g/mol. The molecule has 0 aromatic heterocycles. The van der Waals surface area contributed by atoms with Crippen molar-refractivity contribution in [3.05, 3.63) is 23.8 Å². The molecule has 0 aliphatic rings. The molecule has 0 atom stereocenters. The van der Waals surface area contributed by atoms with Gasteiger partial charge in [-0.05, 0) is 37.0 Å². The van der Waals surface area contributed by atoms with Crippen LogP contribution in [0.1, 0.15) is 63.4 Å². The third-order valence-electron chi connectivity index (χ3n) is 3.87. The van der Waals surface area contributed by atoms with E-state index in [4.69, 9.17) is 9.84 Å². The molecule has 0 amide bonds. The molecule has 1 rings (SSSR count). The molecule has 120 valence electrons. The summed E-state index contributed by atoms with van der Waals surface area (Å²) in [5.41, 5.74) is 1.23. The quantitative estimate of drug-likeness (QED) is 0.560. The second kappa shape index (κ2) is 11.4. The van der Waals surface area contributed by atoms with E-state index in [-0.39, 0.29) is 5.75 Å². The summed E-state index contributed by atoms with van der Waals surface area (Å²) in [5.74, 6) is 0.776. The number of unbranched alkanes of at least 4 members (excludes halogenated alkanes) is 8. The lowest BCUT2D eigenvalue weighted by molar-refractivity contribution is 0.282. The number of aliphatic hydroxyl groups is 1. The third kappa shape index (κ3) is 7.96. The summed E-state index contributed by atoms with van der Waals surface area (Å²) >= 11 is 0. The molecular weight excluding hydrogens is 264 g/mol. The number of aliphatic hydroxyl groups excluding tert-OH is 1. The fourth-order valence-electron chi connectivity index (χ4n) is 2.56. The Balaban J connectivity index is 2.01. The number of benzene rings is 1. The van der Waals surface area contributed by atoms with Gasteiger partial charge in [-0.1, -0.05) is 51.0 Å². The van der Waals surface area contributed by atoms with Gasteiger partial charge in [0, 0.05) is 6.61 Å². The molecule has 0 fully saturated rings. The molecule has 3 heteroatoms. The molecule has 3 nitrogen and oxygen atoms in total. The van der Waals surface area contributed by atoms with Gasteiger partial charge < -0.3 is 14.9 Å². The summed E-state index contributed by atoms with van der Waals surface area (Å²) in [6.45, 7) is 0.335. The first-order valence-corrected chi connectivity index (χ1v) is 8.24. The van der Waals surface area contributed by atoms with E-state index in [2.05, 4.69) is 0 Å². The van der Waals surface area contributed by atoms with Gasteiger partial charge in [-0.15, -0.1) is 0 Å². The fraction of sp³-hybridized carbons (Fsp3) is 0.667. The Hall–Kier alpha value is -1.22. The van der Waals surface area contributed by atoms with Gasteiger partial charge in [-0.3, -0.25) is 0 Å². The number of aromatic hydroxyl groups is 1. The number of aryl methyl sites for hydroxylation is 1. The minimum atomic E-state index is 0.211. The van der Waals surface area contributed by atoms with Crippen LogP contribution in [0.5, 0.6) is 11.5 Å². The van der Waals surface area contributed by atoms with Crippen molar-refractivity contribution in [1.82, 2.24) is 0 Å². The lowest BCUT2D eigenvalue weighted by atomic mass is 10.0. The molecular formula is C18H30O3. The van der Waals surface area contributed by atoms with Crippen LogP contribution in [-0.2, 0) is 6.42 Å². The smallest absolute Gasteiger partial charge is 0.160 e. The molecule has 0 aliphatic carbocycles. The molecule has 0 unspecified atom stereocenters. The molecule has 1 aromatic carbocycles. The summed E-state index contributed by atoms with van der Waals surface area (Å²) in [4.78, 5) is 0. The Morgan fingerprint density at radius 3 is 2.00 bits per heavy atom. The number of phenols is 1. The molecule has 0 saturated heterocycles. The summed E-state index contributed by atoms with van der Waals surface area (Å²) in [6.07, 6.45) is 12.1. The Labute approximate surface area is 129 Å². The number of methoxy groups -OCH3 is 1. The van der Waals surface area contributed by atoms with Crippen LogP contribution in [0.4, 0.5) is 0 Å². The van der Waals surface area contributed by atoms with E-state index in [1.807, 2.05) is 12.1 Å². The standard InChI is InChI=1S/C18H30O3/c1-21-18-15-16(12-13-17(18)20)11-9-7-5-3-2-4-6-8-10-14-19/h12-13,15,19-20H,2-11,14H2,1H3. The summed E-state index contributed by atoms with van der Waals surface area (Å²) in [7, 11) is 1.58. The molecule has 0 radical (unpaired) electrons. The summed E-state index contributed by atoms with van der Waals surface area (Å²) in [5, 5.41) is 18.2. The van der Waals surface area contributed by atoms with Crippen molar-refractivity contribution >= 4 is 0 Å². The Morgan fingerprint density at radius 2 is 1.43 bits per heavy atom. The van der Waals surface area contributed by atoms with E-state index < -0.39 is 0 Å². The molecule has 0 heterocycles. The summed E-state index contributed by atoms with van der Waals surface area (Å²) < 4.78 is 5.12. The maximum Gasteiger partial charge on any atom is 0.160 e. The molecule has 1 aromatic rings. The minimum absolute atomic E-state index is 0.211. The van der Waals surface area contributed by atoms with Crippen molar-refractivity contribution < 1.29 is 14.9 Å². The van der Waals surface area contributed by atoms with Crippen molar-refractivity contribution in [2.75, 3.05) is 13.7 Å². The predicted octanol–water partition coefficient (Wildman–Crippen LogP) is 4.45. The average Bonchev–Trinajstić information content (AvgIpc) is 2.50. The van der Waals surface area contributed by atoms with E-state index in [0.717, 1.165) is 12.8 Å². The van der Waals surface area contributed by atoms with E-state index in [1.165, 1.54) is 56.9 Å². The van der Waals surface area contributed by atoms with Gasteiger partial charge in [-0.2, -0.15) is 0 Å². The topological polar surface area (TPSA) is 49.7 Å². The van der Waals surface area contributed by atoms with Gasteiger partial charge in [0.15, 0.2) is 11.5 Å². The van der Waals surface area contributed by atoms with E-state index >= 15 is 0 Å². The van der Waals surface area contributed by atoms with Gasteiger partial charge in [0.05, 0.1) is 7.11 Å². The fourth-order valence-corrected chi connectivity index (χ4v) is 2.56. The molecule has 0 bridgehead atoms. The first kappa shape index (κ1) is 17.8. The van der Waals surface area contributed by atoms with Crippen LogP contribution >= 0.6 is 0 Å². The maximum absolute atomic E-state index is 9.54. The van der Waals surface area contributed by atoms with Crippen LogP contribution in [-0.4, -0.2) is 23.9 Å². The van der Waals surface area contributed by atoms with Crippen LogP contribution in [0.2, 0.25) is 0 Å². The van der Waals surface area contributed by atoms with Crippen molar-refractivity contribution in [2.45, 2.75) is 64.2 Å². The first-order valence-electron chi connectivity index (χ1n) is 8.24. The van der Waals surface area contributed by atoms with Gasteiger partial charge >= 0.3 is 0 Å². The second-order valence-electron chi connectivity index (χ2n) is 5.66. The molecule has 2 N–H and O–H groups in total. The Morgan fingerprint density at radius 1 is 0.857 bits per heavy atom. The van der Waals surface area contributed by atoms with Crippen LogP contribution in [0.15, 0.2) is 18.2 Å². The predicted molar refractivity (Wildman–Crippen MR) is 87.0 cm³/mol. The highest BCUT2D eigenvalue weighted by Gasteiger charge is 2.02. The maximum atomic E-state index is 9.54. The van der Waals surface area contributed by atoms with Gasteiger partial charge in [0.25, 0.3) is 0 Å². The van der Waals surface area contributed by atoms with Crippen molar-refractivity contribution in [3.63, 3.8) is 0 Å². The van der Waals surface area contributed by atoms with Crippen LogP contribution in [0, 0.1) is 0 Å². The average molecular weight is 294 g/mol. The van der Waals surface area contributed by atoms with E-state index in [9.17, 15) is 5.11 Å². The third-order valence-corrected chi connectivity index (χ3v) is 3.87. The zero-order valence-electron chi connectivity index (χ0n) is 13.3. The van der Waals surface area contributed by atoms with Gasteiger partial charge in [-0.25, -0.2) is 0 Å². The number of phenolic OH excluding ortho intramolecular Hbond substituents is 1. The number of ether oxygens (including phenoxy) is 1. The molecule has 21 heavy (non-hydrogen) atoms. The van der Waals surface area contributed by atoms with Crippen LogP contribution < -0.4 is 4.74 Å². The highest BCUT2D eigenvalue weighted by atomic mass is 16.5. The zero-order valence-corrected chi connectivity index (χ0v) is 13.3. The SMILES string of the molecule is COc1cc(CCCCCCCCCCCO)ccc1O. The number of rotatable bonds is 12. The first-order chi connectivity index (χ1) is 10.3. The normalized spacial score (nSPS) is 10.8. The minimum Gasteiger partial charge on any atom is -0.504 e. The number of hydrogen-bond donors (Lipinski definition) is 2. The van der Waals surface area contributed by atoms with Gasteiger partial charge in [0.1, 0.15) is 0 Å². The lowest BCUT2D eigenvalue weighted by Gasteiger charge is -2.07. The second-order valence-corrected chi connectivity index (χ2v) is 5.66. The van der Waals surface area contributed by atoms with Crippen molar-refractivity contribution in [1.29, 1.82) is 0 Å². The molecule has 0 aliphatic heterocycles. The van der Waals surface area contributed by atoms with E-state index in [0.29, 0.717) is 12.4 Å². The lowest BCUT2D eigenvalue weighted by Crippen LogP contribution is -1.89. The van der Waals surface area contributed by atoms with Crippen LogP contribution in [0.3, 0.4) is 0 Å². The highest BCUT2D eigenvalue weighted by molar-refractivity contribution is 5.41. The largest absolute Gasteiger partial charge is 0.504 e. The molecule has 0 spiro atoms. The van der Waals surface area contributed by atoms with Crippen LogP contribution in [0.25, 0.3) is 0 Å². The van der Waals surface area contributed by atoms with Crippen molar-refractivity contribution in [3.8, 4) is 11.5 Å². The van der Waals surface area contributed by atoms with Gasteiger partial charge in [0.2, 0.25) is 0 Å². The number of hydrogen-bond acceptors (Lipinski definition) is 3. The Bertz CT molecular complexity index is 377. The zero-order chi connectivity index (χ0) is 15.3. The van der Waals surface area contributed by atoms with E-state index in [1.54, 1.807) is 13.2 Å². The van der Waals surface area contributed by atoms with Crippen molar-refractivity contribution in [2.24, 2.45) is 0 Å². The molecule has 0 saturated carbocycles. The highest BCUT2D eigenvalue weighted by Crippen LogP contribution is 2.27. The summed E-state index contributed by atoms with van der Waals surface area (Å²) in [6, 6.07) is 5.61. The Kier molecular flexibility index (Phi) is 9.71.